The number of hydrogen-bond acceptors (Lipinski definition) is 3. The topological polar surface area (TPSA) is 34.1 Å². The third kappa shape index (κ3) is 5.18. The van der Waals surface area contributed by atoms with Crippen LogP contribution in [0.4, 0.5) is 0 Å². The van der Waals surface area contributed by atoms with Gasteiger partial charge >= 0.3 is 0 Å². The first kappa shape index (κ1) is 14.0. The zero-order valence-electron chi connectivity index (χ0n) is 11.3. The Morgan fingerprint density at radius 2 is 2.06 bits per heavy atom. The molecule has 0 amide bonds. The van der Waals surface area contributed by atoms with Crippen molar-refractivity contribution < 1.29 is 4.74 Å². The molecule has 17 heavy (non-hydrogen) atoms. The molecule has 0 aliphatic carbocycles. The average Bonchev–Trinajstić information content (AvgIpc) is 2.35. The van der Waals surface area contributed by atoms with E-state index in [0.717, 1.165) is 43.1 Å². The molecule has 1 aromatic heterocycles. The van der Waals surface area contributed by atoms with E-state index in [-0.39, 0.29) is 0 Å². The predicted molar refractivity (Wildman–Crippen MR) is 71.6 cm³/mol. The molecule has 0 unspecified atom stereocenters. The Balaban J connectivity index is 2.31. The first-order valence-corrected chi connectivity index (χ1v) is 6.51. The van der Waals surface area contributed by atoms with Crippen LogP contribution in [0.2, 0.25) is 0 Å². The summed E-state index contributed by atoms with van der Waals surface area (Å²) in [6, 6.07) is 4.05. The largest absolute Gasteiger partial charge is 0.492 e. The molecule has 0 saturated heterocycles. The van der Waals surface area contributed by atoms with Gasteiger partial charge in [-0.2, -0.15) is 0 Å². The fourth-order valence-corrected chi connectivity index (χ4v) is 1.75. The average molecular weight is 236 g/mol. The minimum absolute atomic E-state index is 0.793. The number of nitrogens with one attached hydrogen (secondary N) is 1. The van der Waals surface area contributed by atoms with Gasteiger partial charge in [0.25, 0.3) is 0 Å². The van der Waals surface area contributed by atoms with Crippen LogP contribution in [0.5, 0.6) is 5.75 Å². The minimum atomic E-state index is 0.793. The van der Waals surface area contributed by atoms with E-state index in [4.69, 9.17) is 4.74 Å². The molecule has 0 spiro atoms. The third-order valence-electron chi connectivity index (χ3n) is 2.74. The van der Waals surface area contributed by atoms with Gasteiger partial charge in [-0.05, 0) is 58.3 Å². The number of nitrogens with zero attached hydrogens (tertiary/aromatic N) is 1. The Bertz CT molecular complexity index is 326. The number of pyridine rings is 1. The van der Waals surface area contributed by atoms with Crippen molar-refractivity contribution in [1.82, 2.24) is 10.3 Å². The quantitative estimate of drug-likeness (QED) is 0.705. The number of hydrogen-bond donors (Lipinski definition) is 1. The summed E-state index contributed by atoms with van der Waals surface area (Å²) in [5, 5.41) is 3.15. The van der Waals surface area contributed by atoms with Gasteiger partial charge < -0.3 is 10.1 Å². The maximum Gasteiger partial charge on any atom is 0.140 e. The lowest BCUT2D eigenvalue weighted by molar-refractivity contribution is 0.300. The first-order valence-electron chi connectivity index (χ1n) is 6.51. The van der Waals surface area contributed by atoms with Crippen molar-refractivity contribution in [3.8, 4) is 5.75 Å². The fourth-order valence-electron chi connectivity index (χ4n) is 1.75. The van der Waals surface area contributed by atoms with E-state index in [2.05, 4.69) is 17.2 Å². The lowest BCUT2D eigenvalue weighted by Gasteiger charge is -2.10. The van der Waals surface area contributed by atoms with Crippen LogP contribution >= 0.6 is 0 Å². The van der Waals surface area contributed by atoms with E-state index in [1.807, 2.05) is 26.1 Å². The maximum absolute atomic E-state index is 5.78. The van der Waals surface area contributed by atoms with Crippen LogP contribution in [0.25, 0.3) is 0 Å². The number of unbranched alkanes of at least 4 members (excludes halogenated alkanes) is 2. The van der Waals surface area contributed by atoms with Gasteiger partial charge in [0.1, 0.15) is 5.75 Å². The second kappa shape index (κ2) is 8.07. The Hall–Kier alpha value is -1.09. The number of ether oxygens (including phenoxy) is 1. The summed E-state index contributed by atoms with van der Waals surface area (Å²) in [5.41, 5.74) is 2.13. The Labute approximate surface area is 105 Å². The van der Waals surface area contributed by atoms with Gasteiger partial charge in [0.2, 0.25) is 0 Å². The van der Waals surface area contributed by atoms with Gasteiger partial charge in [-0.25, -0.2) is 0 Å². The second-order valence-electron chi connectivity index (χ2n) is 4.26. The smallest absolute Gasteiger partial charge is 0.140 e. The van der Waals surface area contributed by atoms with E-state index in [1.165, 1.54) is 12.8 Å². The zero-order valence-corrected chi connectivity index (χ0v) is 11.3. The van der Waals surface area contributed by atoms with Gasteiger partial charge in [-0.3, -0.25) is 4.98 Å². The highest BCUT2D eigenvalue weighted by Crippen LogP contribution is 2.17. The maximum atomic E-state index is 5.78. The Morgan fingerprint density at radius 1 is 1.24 bits per heavy atom. The van der Waals surface area contributed by atoms with Gasteiger partial charge in [0.15, 0.2) is 0 Å². The van der Waals surface area contributed by atoms with Crippen LogP contribution in [-0.2, 0) is 6.42 Å². The van der Waals surface area contributed by atoms with Crippen LogP contribution in [0.15, 0.2) is 12.1 Å². The van der Waals surface area contributed by atoms with Gasteiger partial charge in [0, 0.05) is 5.69 Å². The molecule has 1 N–H and O–H groups in total. The molecule has 0 aliphatic rings. The molecule has 0 aliphatic heterocycles. The molecule has 0 radical (unpaired) electrons. The van der Waals surface area contributed by atoms with Crippen molar-refractivity contribution in [2.75, 3.05) is 20.2 Å². The van der Waals surface area contributed by atoms with Gasteiger partial charge in [0.05, 0.1) is 12.3 Å². The molecule has 96 valence electrons. The van der Waals surface area contributed by atoms with Crippen molar-refractivity contribution >= 4 is 0 Å². The molecule has 3 heteroatoms. The summed E-state index contributed by atoms with van der Waals surface area (Å²) < 4.78 is 5.78. The summed E-state index contributed by atoms with van der Waals surface area (Å²) in [7, 11) is 1.99. The molecule has 0 bridgehead atoms. The first-order chi connectivity index (χ1) is 8.27. The van der Waals surface area contributed by atoms with Crippen LogP contribution in [0.1, 0.15) is 37.6 Å². The summed E-state index contributed by atoms with van der Waals surface area (Å²) in [6.07, 6.45) is 4.46. The summed E-state index contributed by atoms with van der Waals surface area (Å²) in [4.78, 5) is 4.48. The molecular weight excluding hydrogens is 212 g/mol. The van der Waals surface area contributed by atoms with E-state index < -0.39 is 0 Å². The van der Waals surface area contributed by atoms with Crippen LogP contribution < -0.4 is 10.1 Å². The normalized spacial score (nSPS) is 10.5. The minimum Gasteiger partial charge on any atom is -0.492 e. The van der Waals surface area contributed by atoms with Crippen molar-refractivity contribution in [2.45, 2.75) is 39.5 Å². The van der Waals surface area contributed by atoms with Crippen molar-refractivity contribution in [1.29, 1.82) is 0 Å². The molecule has 0 saturated carbocycles. The standard InChI is InChI=1S/C14H24N2O/c1-4-13-14(9-8-12(2)16-13)17-11-7-5-6-10-15-3/h8-9,15H,4-7,10-11H2,1-3H3. The predicted octanol–water partition coefficient (Wildman–Crippen LogP) is 2.72. The van der Waals surface area contributed by atoms with Crippen LogP contribution in [0, 0.1) is 6.92 Å². The molecule has 1 heterocycles. The fraction of sp³-hybridized carbons (Fsp3) is 0.643. The second-order valence-corrected chi connectivity index (χ2v) is 4.26. The SMILES string of the molecule is CCc1nc(C)ccc1OCCCCCNC. The molecule has 0 aromatic carbocycles. The monoisotopic (exact) mass is 236 g/mol. The van der Waals surface area contributed by atoms with Crippen LogP contribution in [0.3, 0.4) is 0 Å². The van der Waals surface area contributed by atoms with Crippen molar-refractivity contribution in [3.05, 3.63) is 23.5 Å². The van der Waals surface area contributed by atoms with Gasteiger partial charge in [-0.1, -0.05) is 6.92 Å². The lowest BCUT2D eigenvalue weighted by atomic mass is 10.2. The highest BCUT2D eigenvalue weighted by atomic mass is 16.5. The van der Waals surface area contributed by atoms with E-state index in [9.17, 15) is 0 Å². The molecule has 3 nitrogen and oxygen atoms in total. The Kier molecular flexibility index (Phi) is 6.63. The molecule has 0 atom stereocenters. The summed E-state index contributed by atoms with van der Waals surface area (Å²) >= 11 is 0. The number of aryl methyl sites for hydroxylation is 2. The zero-order chi connectivity index (χ0) is 12.5. The van der Waals surface area contributed by atoms with E-state index >= 15 is 0 Å². The third-order valence-corrected chi connectivity index (χ3v) is 2.74. The highest BCUT2D eigenvalue weighted by Gasteiger charge is 2.03. The summed E-state index contributed by atoms with van der Waals surface area (Å²) in [6.45, 7) is 6.01. The van der Waals surface area contributed by atoms with Crippen molar-refractivity contribution in [3.63, 3.8) is 0 Å². The van der Waals surface area contributed by atoms with Crippen molar-refractivity contribution in [2.24, 2.45) is 0 Å². The molecule has 1 rings (SSSR count). The Morgan fingerprint density at radius 3 is 2.76 bits per heavy atom. The van der Waals surface area contributed by atoms with E-state index in [1.54, 1.807) is 0 Å². The molecule has 1 aromatic rings. The lowest BCUT2D eigenvalue weighted by Crippen LogP contribution is -2.08. The van der Waals surface area contributed by atoms with Crippen LogP contribution in [-0.4, -0.2) is 25.2 Å². The number of rotatable bonds is 8. The van der Waals surface area contributed by atoms with E-state index in [0.29, 0.717) is 0 Å². The number of aromatic nitrogens is 1. The highest BCUT2D eigenvalue weighted by molar-refractivity contribution is 5.29. The molecular formula is C14H24N2O. The molecule has 0 fully saturated rings. The van der Waals surface area contributed by atoms with Gasteiger partial charge in [-0.15, -0.1) is 0 Å². The summed E-state index contributed by atoms with van der Waals surface area (Å²) in [5.74, 6) is 0.951.